The van der Waals surface area contributed by atoms with Gasteiger partial charge in [-0.15, -0.1) is 0 Å². The van der Waals surface area contributed by atoms with Crippen molar-refractivity contribution in [2.45, 2.75) is 269 Å². The minimum atomic E-state index is -1.63. The minimum absolute atomic E-state index is 0.0910. The van der Waals surface area contributed by atoms with Crippen LogP contribution in [0.25, 0.3) is 0 Å². The second-order valence-corrected chi connectivity index (χ2v) is 20.4. The number of allylic oxidation sites excluding steroid dienone is 19. The molecule has 8 atom stereocenters. The fraction of sp³-hybridized carbons (Fsp3) is 0.667. The predicted octanol–water partition coefficient (Wildman–Crippen LogP) is 14.3. The van der Waals surface area contributed by atoms with Gasteiger partial charge in [0.05, 0.1) is 25.4 Å². The molecule has 0 radical (unpaired) electrons. The van der Waals surface area contributed by atoms with E-state index in [2.05, 4.69) is 99.0 Å². The lowest BCUT2D eigenvalue weighted by Gasteiger charge is -2.41. The smallest absolute Gasteiger partial charge is 0.306 e. The number of carbonyl (C=O) groups excluding carboxylic acids is 2. The number of amides is 1. The van der Waals surface area contributed by atoms with Crippen LogP contribution in [-0.2, 0) is 23.8 Å². The van der Waals surface area contributed by atoms with Gasteiger partial charge in [0.1, 0.15) is 24.4 Å². The molecular formula is C66H109NO10. The summed E-state index contributed by atoms with van der Waals surface area (Å²) in [5.41, 5.74) is 0. The number of hydrogen-bond acceptors (Lipinski definition) is 10. The summed E-state index contributed by atoms with van der Waals surface area (Å²) >= 11 is 0. The third kappa shape index (κ3) is 40.8. The Morgan fingerprint density at radius 3 is 1.56 bits per heavy atom. The number of nitrogens with one attached hydrogen (secondary N) is 1. The standard InChI is InChI=1S/C66H109NO10/c1-4-7-10-13-16-19-22-25-27-28-29-30-31-32-33-36-39-42-45-48-51-54-61(71)77-64-63(73)62(72)60(55-68)76-66(64)75-56-57(58(69)52-49-46-43-40-37-34-24-21-18-15-12-9-6-3)67-65(74)59(70)53-50-47-44-41-38-35-26-23-20-17-14-11-8-5-2/h7-8,10-11,14,16-17,19-20,23,25-27,29-30,32-33,35,49,52,57-60,62-64,66,68-70,72-73H,4-6,9,12-13,15,18,21-22,24,28,31,34,36-48,50-51,53-56H2,1-3H3,(H,67,74)/b10-7-,11-8+,17-14+,19-16-,23-20+,27-25-,30-29-,33-32-,35-26-,52-49+. The number of esters is 1. The van der Waals surface area contributed by atoms with E-state index in [1.54, 1.807) is 6.08 Å². The number of unbranched alkanes of at least 4 members (excludes halogenated alkanes) is 20. The zero-order chi connectivity index (χ0) is 56.1. The lowest BCUT2D eigenvalue weighted by molar-refractivity contribution is -0.305. The van der Waals surface area contributed by atoms with Crippen molar-refractivity contribution in [1.29, 1.82) is 0 Å². The minimum Gasteiger partial charge on any atom is -0.454 e. The molecule has 0 spiro atoms. The van der Waals surface area contributed by atoms with Gasteiger partial charge in [-0.05, 0) is 89.9 Å². The Bertz CT molecular complexity index is 1710. The zero-order valence-electron chi connectivity index (χ0n) is 48.3. The van der Waals surface area contributed by atoms with Gasteiger partial charge in [-0.3, -0.25) is 9.59 Å². The lowest BCUT2D eigenvalue weighted by atomic mass is 9.99. The summed E-state index contributed by atoms with van der Waals surface area (Å²) in [5, 5.41) is 56.9. The molecule has 1 rings (SSSR count). The molecular weight excluding hydrogens is 967 g/mol. The topological polar surface area (TPSA) is 175 Å². The zero-order valence-corrected chi connectivity index (χ0v) is 48.3. The van der Waals surface area contributed by atoms with Crippen LogP contribution in [0.5, 0.6) is 0 Å². The Morgan fingerprint density at radius 2 is 1.00 bits per heavy atom. The molecule has 0 aromatic heterocycles. The Labute approximate surface area is 468 Å². The van der Waals surface area contributed by atoms with Gasteiger partial charge >= 0.3 is 5.97 Å². The number of ether oxygens (including phenoxy) is 3. The van der Waals surface area contributed by atoms with E-state index < -0.39 is 67.4 Å². The molecule has 1 heterocycles. The third-order valence-corrected chi connectivity index (χ3v) is 13.5. The van der Waals surface area contributed by atoms with E-state index in [0.29, 0.717) is 12.8 Å². The molecule has 11 nitrogen and oxygen atoms in total. The van der Waals surface area contributed by atoms with Gasteiger partial charge in [0, 0.05) is 6.42 Å². The van der Waals surface area contributed by atoms with Crippen LogP contribution in [-0.4, -0.2) is 99.6 Å². The second-order valence-electron chi connectivity index (χ2n) is 20.4. The summed E-state index contributed by atoms with van der Waals surface area (Å²) in [5.74, 6) is -1.25. The molecule has 1 saturated heterocycles. The molecule has 438 valence electrons. The first-order valence-corrected chi connectivity index (χ1v) is 30.4. The maximum atomic E-state index is 13.4. The molecule has 0 aliphatic carbocycles. The Morgan fingerprint density at radius 1 is 0.532 bits per heavy atom. The first-order valence-electron chi connectivity index (χ1n) is 30.4. The van der Waals surface area contributed by atoms with Crippen LogP contribution >= 0.6 is 0 Å². The molecule has 1 aliphatic heterocycles. The molecule has 0 saturated carbocycles. The summed E-state index contributed by atoms with van der Waals surface area (Å²) in [6, 6.07) is -1.05. The maximum Gasteiger partial charge on any atom is 0.306 e. The van der Waals surface area contributed by atoms with E-state index in [1.165, 1.54) is 51.4 Å². The van der Waals surface area contributed by atoms with Crippen LogP contribution in [0.15, 0.2) is 122 Å². The van der Waals surface area contributed by atoms with E-state index >= 15 is 0 Å². The van der Waals surface area contributed by atoms with E-state index in [9.17, 15) is 35.1 Å². The third-order valence-electron chi connectivity index (χ3n) is 13.5. The summed E-state index contributed by atoms with van der Waals surface area (Å²) in [7, 11) is 0. The molecule has 1 amide bonds. The van der Waals surface area contributed by atoms with Crippen molar-refractivity contribution in [3.05, 3.63) is 122 Å². The molecule has 0 aromatic rings. The Kier molecular flexibility index (Phi) is 48.7. The van der Waals surface area contributed by atoms with Crippen LogP contribution in [0.4, 0.5) is 0 Å². The van der Waals surface area contributed by atoms with Gasteiger partial charge < -0.3 is 45.1 Å². The van der Waals surface area contributed by atoms with Gasteiger partial charge in [0.25, 0.3) is 0 Å². The van der Waals surface area contributed by atoms with Crippen molar-refractivity contribution in [2.24, 2.45) is 0 Å². The normalized spacial score (nSPS) is 19.9. The van der Waals surface area contributed by atoms with Crippen molar-refractivity contribution >= 4 is 11.9 Å². The number of hydrogen-bond donors (Lipinski definition) is 6. The average Bonchev–Trinajstić information content (AvgIpc) is 3.43. The van der Waals surface area contributed by atoms with Crippen LogP contribution < -0.4 is 5.32 Å². The number of aliphatic hydroxyl groups is 5. The first kappa shape index (κ1) is 71.1. The van der Waals surface area contributed by atoms with Crippen molar-refractivity contribution < 1.29 is 49.3 Å². The van der Waals surface area contributed by atoms with Gasteiger partial charge in [-0.2, -0.15) is 0 Å². The number of carbonyl (C=O) groups is 2. The van der Waals surface area contributed by atoms with Gasteiger partial charge in [-0.25, -0.2) is 0 Å². The highest BCUT2D eigenvalue weighted by atomic mass is 16.7. The molecule has 77 heavy (non-hydrogen) atoms. The Balaban J connectivity index is 2.72. The highest BCUT2D eigenvalue weighted by molar-refractivity contribution is 5.80. The number of aliphatic hydroxyl groups excluding tert-OH is 5. The number of rotatable bonds is 49. The van der Waals surface area contributed by atoms with Crippen molar-refractivity contribution in [3.8, 4) is 0 Å². The quantitative estimate of drug-likeness (QED) is 0.0149. The van der Waals surface area contributed by atoms with Crippen LogP contribution in [0.3, 0.4) is 0 Å². The highest BCUT2D eigenvalue weighted by Crippen LogP contribution is 2.26. The molecule has 11 heteroatoms. The van der Waals surface area contributed by atoms with E-state index in [1.807, 2.05) is 42.5 Å². The van der Waals surface area contributed by atoms with Crippen LogP contribution in [0, 0.1) is 0 Å². The van der Waals surface area contributed by atoms with E-state index in [0.717, 1.165) is 122 Å². The molecule has 0 bridgehead atoms. The molecule has 1 fully saturated rings. The van der Waals surface area contributed by atoms with Gasteiger partial charge in [0.2, 0.25) is 5.91 Å². The van der Waals surface area contributed by atoms with Crippen molar-refractivity contribution in [1.82, 2.24) is 5.32 Å². The summed E-state index contributed by atoms with van der Waals surface area (Å²) < 4.78 is 17.6. The first-order chi connectivity index (χ1) is 37.7. The van der Waals surface area contributed by atoms with Gasteiger partial charge in [0.15, 0.2) is 12.4 Å². The SMILES string of the molecule is CC/C=C\C/C=C\C/C=C\C/C=C\C/C=C\CCCCCCCC(=O)OC1C(OCC(NC(=O)C(O)CCCCCC\C=C/C=C/C=C/C=C/CC)C(O)/C=C/CCCCCCCCCCCCC)OC(CO)C(O)C1O. The fourth-order valence-corrected chi connectivity index (χ4v) is 8.69. The predicted molar refractivity (Wildman–Crippen MR) is 319 cm³/mol. The molecule has 6 N–H and O–H groups in total. The van der Waals surface area contributed by atoms with Gasteiger partial charge in [-0.1, -0.05) is 245 Å². The maximum absolute atomic E-state index is 13.4. The van der Waals surface area contributed by atoms with Crippen LogP contribution in [0.2, 0.25) is 0 Å². The summed E-state index contributed by atoms with van der Waals surface area (Å²) in [6.45, 7) is 5.49. The second kappa shape index (κ2) is 52.7. The average molecular weight is 1080 g/mol. The lowest BCUT2D eigenvalue weighted by Crippen LogP contribution is -2.61. The largest absolute Gasteiger partial charge is 0.454 e. The van der Waals surface area contributed by atoms with E-state index in [-0.39, 0.29) is 19.4 Å². The fourth-order valence-electron chi connectivity index (χ4n) is 8.69. The summed E-state index contributed by atoms with van der Waals surface area (Å²) in [6.07, 6.45) is 62.3. The van der Waals surface area contributed by atoms with Crippen molar-refractivity contribution in [3.63, 3.8) is 0 Å². The Hall–Kier alpha value is -3.94. The molecule has 8 unspecified atom stereocenters. The monoisotopic (exact) mass is 1080 g/mol. The summed E-state index contributed by atoms with van der Waals surface area (Å²) in [4.78, 5) is 26.5. The molecule has 1 aliphatic rings. The van der Waals surface area contributed by atoms with Crippen molar-refractivity contribution in [2.75, 3.05) is 13.2 Å². The highest BCUT2D eigenvalue weighted by Gasteiger charge is 2.47. The van der Waals surface area contributed by atoms with E-state index in [4.69, 9.17) is 14.2 Å². The molecule has 0 aromatic carbocycles. The van der Waals surface area contributed by atoms with Crippen LogP contribution in [0.1, 0.15) is 220 Å².